The Bertz CT molecular complexity index is 339. The molecule has 0 fully saturated rings. The largest absolute Gasteiger partial charge is 0.314 e. The highest BCUT2D eigenvalue weighted by atomic mass is 14.9. The molecule has 19 heavy (non-hydrogen) atoms. The third-order valence-corrected chi connectivity index (χ3v) is 4.09. The SMILES string of the molecule is CCCNC(C)C(CC)Cc1ccc(C(C)C)cc1. The molecule has 0 saturated heterocycles. The van der Waals surface area contributed by atoms with Crippen molar-refractivity contribution < 1.29 is 0 Å². The minimum Gasteiger partial charge on any atom is -0.314 e. The average Bonchev–Trinajstić information content (AvgIpc) is 2.42. The fourth-order valence-corrected chi connectivity index (χ4v) is 2.55. The van der Waals surface area contributed by atoms with Crippen LogP contribution in [0.2, 0.25) is 0 Å². The molecular formula is C18H31N. The monoisotopic (exact) mass is 261 g/mol. The van der Waals surface area contributed by atoms with Crippen molar-refractivity contribution in [2.24, 2.45) is 5.92 Å². The molecule has 1 aromatic carbocycles. The van der Waals surface area contributed by atoms with Crippen molar-refractivity contribution in [2.75, 3.05) is 6.54 Å². The van der Waals surface area contributed by atoms with Crippen LogP contribution in [-0.2, 0) is 6.42 Å². The number of benzene rings is 1. The number of rotatable bonds is 8. The van der Waals surface area contributed by atoms with Gasteiger partial charge >= 0.3 is 0 Å². The summed E-state index contributed by atoms with van der Waals surface area (Å²) in [6.45, 7) is 12.5. The zero-order chi connectivity index (χ0) is 14.3. The van der Waals surface area contributed by atoms with E-state index >= 15 is 0 Å². The molecule has 0 aliphatic heterocycles. The van der Waals surface area contributed by atoms with Crippen LogP contribution in [0.3, 0.4) is 0 Å². The van der Waals surface area contributed by atoms with Crippen molar-refractivity contribution in [1.29, 1.82) is 0 Å². The molecule has 0 aromatic heterocycles. The molecule has 0 amide bonds. The van der Waals surface area contributed by atoms with Gasteiger partial charge in [-0.2, -0.15) is 0 Å². The van der Waals surface area contributed by atoms with Crippen LogP contribution in [0.1, 0.15) is 64.5 Å². The summed E-state index contributed by atoms with van der Waals surface area (Å²) < 4.78 is 0. The van der Waals surface area contributed by atoms with Crippen LogP contribution in [0.15, 0.2) is 24.3 Å². The molecule has 0 radical (unpaired) electrons. The average molecular weight is 261 g/mol. The van der Waals surface area contributed by atoms with E-state index in [9.17, 15) is 0 Å². The van der Waals surface area contributed by atoms with Gasteiger partial charge in [0.15, 0.2) is 0 Å². The molecule has 0 spiro atoms. The molecule has 0 aliphatic carbocycles. The molecule has 0 bridgehead atoms. The summed E-state index contributed by atoms with van der Waals surface area (Å²) in [4.78, 5) is 0. The highest BCUT2D eigenvalue weighted by Crippen LogP contribution is 2.19. The Labute approximate surface area is 119 Å². The minimum atomic E-state index is 0.606. The maximum absolute atomic E-state index is 3.63. The Morgan fingerprint density at radius 1 is 1.00 bits per heavy atom. The lowest BCUT2D eigenvalue weighted by Gasteiger charge is -2.24. The lowest BCUT2D eigenvalue weighted by molar-refractivity contribution is 0.362. The summed E-state index contributed by atoms with van der Waals surface area (Å²) in [5, 5.41) is 3.63. The van der Waals surface area contributed by atoms with Crippen LogP contribution < -0.4 is 5.32 Å². The molecular weight excluding hydrogens is 230 g/mol. The summed E-state index contributed by atoms with van der Waals surface area (Å²) in [7, 11) is 0. The molecule has 1 nitrogen and oxygen atoms in total. The highest BCUT2D eigenvalue weighted by Gasteiger charge is 2.15. The van der Waals surface area contributed by atoms with E-state index in [0.29, 0.717) is 12.0 Å². The zero-order valence-electron chi connectivity index (χ0n) is 13.4. The Morgan fingerprint density at radius 2 is 1.63 bits per heavy atom. The van der Waals surface area contributed by atoms with Crippen LogP contribution in [-0.4, -0.2) is 12.6 Å². The Kier molecular flexibility index (Phi) is 7.15. The zero-order valence-corrected chi connectivity index (χ0v) is 13.4. The second kappa shape index (κ2) is 8.37. The second-order valence-electron chi connectivity index (χ2n) is 6.01. The first kappa shape index (κ1) is 16.2. The number of hydrogen-bond donors (Lipinski definition) is 1. The Balaban J connectivity index is 2.59. The van der Waals surface area contributed by atoms with Crippen LogP contribution >= 0.6 is 0 Å². The van der Waals surface area contributed by atoms with Crippen molar-refractivity contribution >= 4 is 0 Å². The first-order chi connectivity index (χ1) is 9.08. The molecule has 2 atom stereocenters. The third-order valence-electron chi connectivity index (χ3n) is 4.09. The topological polar surface area (TPSA) is 12.0 Å². The van der Waals surface area contributed by atoms with Gasteiger partial charge in [-0.1, -0.05) is 58.4 Å². The van der Waals surface area contributed by atoms with E-state index < -0.39 is 0 Å². The van der Waals surface area contributed by atoms with Crippen LogP contribution in [0.25, 0.3) is 0 Å². The van der Waals surface area contributed by atoms with E-state index in [1.165, 1.54) is 30.4 Å². The summed E-state index contributed by atoms with van der Waals surface area (Å²) in [6.07, 6.45) is 3.64. The molecule has 0 aliphatic rings. The van der Waals surface area contributed by atoms with Gasteiger partial charge in [-0.25, -0.2) is 0 Å². The van der Waals surface area contributed by atoms with Crippen LogP contribution in [0.5, 0.6) is 0 Å². The van der Waals surface area contributed by atoms with Crippen LogP contribution in [0, 0.1) is 5.92 Å². The molecule has 1 N–H and O–H groups in total. The van der Waals surface area contributed by atoms with Crippen molar-refractivity contribution in [3.8, 4) is 0 Å². The number of nitrogens with one attached hydrogen (secondary N) is 1. The lowest BCUT2D eigenvalue weighted by Crippen LogP contribution is -2.34. The first-order valence-electron chi connectivity index (χ1n) is 7.90. The predicted molar refractivity (Wildman–Crippen MR) is 85.8 cm³/mol. The quantitative estimate of drug-likeness (QED) is 0.711. The maximum atomic E-state index is 3.63. The van der Waals surface area contributed by atoms with E-state index in [2.05, 4.69) is 64.2 Å². The van der Waals surface area contributed by atoms with Gasteiger partial charge in [-0.3, -0.25) is 0 Å². The van der Waals surface area contributed by atoms with E-state index in [0.717, 1.165) is 12.5 Å². The molecule has 1 aromatic rings. The maximum Gasteiger partial charge on any atom is 0.00700 e. The van der Waals surface area contributed by atoms with Gasteiger partial charge in [-0.05, 0) is 49.3 Å². The van der Waals surface area contributed by atoms with Gasteiger partial charge in [0.1, 0.15) is 0 Å². The van der Waals surface area contributed by atoms with E-state index in [1.54, 1.807) is 0 Å². The van der Waals surface area contributed by atoms with Crippen molar-refractivity contribution in [3.05, 3.63) is 35.4 Å². The van der Waals surface area contributed by atoms with Crippen LogP contribution in [0.4, 0.5) is 0 Å². The first-order valence-corrected chi connectivity index (χ1v) is 7.90. The smallest absolute Gasteiger partial charge is 0.00700 e. The van der Waals surface area contributed by atoms with Gasteiger partial charge in [0.25, 0.3) is 0 Å². The fourth-order valence-electron chi connectivity index (χ4n) is 2.55. The molecule has 2 unspecified atom stereocenters. The normalized spacial score (nSPS) is 14.6. The third kappa shape index (κ3) is 5.36. The van der Waals surface area contributed by atoms with E-state index in [-0.39, 0.29) is 0 Å². The van der Waals surface area contributed by atoms with Gasteiger partial charge in [-0.15, -0.1) is 0 Å². The van der Waals surface area contributed by atoms with E-state index in [1.807, 2.05) is 0 Å². The number of hydrogen-bond acceptors (Lipinski definition) is 1. The Hall–Kier alpha value is -0.820. The fraction of sp³-hybridized carbons (Fsp3) is 0.667. The summed E-state index contributed by atoms with van der Waals surface area (Å²) >= 11 is 0. The molecule has 108 valence electrons. The van der Waals surface area contributed by atoms with Gasteiger partial charge < -0.3 is 5.32 Å². The van der Waals surface area contributed by atoms with E-state index in [4.69, 9.17) is 0 Å². The standard InChI is InChI=1S/C18H31N/c1-6-12-19-15(5)17(7-2)13-16-8-10-18(11-9-16)14(3)4/h8-11,14-15,17,19H,6-7,12-13H2,1-5H3. The Morgan fingerprint density at radius 3 is 2.11 bits per heavy atom. The predicted octanol–water partition coefficient (Wildman–Crippen LogP) is 4.77. The van der Waals surface area contributed by atoms with Crippen molar-refractivity contribution in [1.82, 2.24) is 5.32 Å². The molecule has 1 heteroatoms. The molecule has 0 heterocycles. The van der Waals surface area contributed by atoms with Gasteiger partial charge in [0.05, 0.1) is 0 Å². The minimum absolute atomic E-state index is 0.606. The second-order valence-corrected chi connectivity index (χ2v) is 6.01. The highest BCUT2D eigenvalue weighted by molar-refractivity contribution is 5.25. The summed E-state index contributed by atoms with van der Waals surface area (Å²) in [5.74, 6) is 1.36. The summed E-state index contributed by atoms with van der Waals surface area (Å²) in [5.41, 5.74) is 2.91. The molecule has 1 rings (SSSR count). The van der Waals surface area contributed by atoms with Gasteiger partial charge in [0, 0.05) is 6.04 Å². The lowest BCUT2D eigenvalue weighted by atomic mass is 9.90. The van der Waals surface area contributed by atoms with Crippen molar-refractivity contribution in [3.63, 3.8) is 0 Å². The van der Waals surface area contributed by atoms with Crippen molar-refractivity contribution in [2.45, 2.75) is 65.8 Å². The molecule has 0 saturated carbocycles. The summed E-state index contributed by atoms with van der Waals surface area (Å²) in [6, 6.07) is 9.80. The van der Waals surface area contributed by atoms with Gasteiger partial charge in [0.2, 0.25) is 0 Å².